The van der Waals surface area contributed by atoms with Crippen LogP contribution in [0.3, 0.4) is 0 Å². The van der Waals surface area contributed by atoms with Gasteiger partial charge in [-0.3, -0.25) is 15.0 Å². The topological polar surface area (TPSA) is 49.6 Å². The second-order valence-corrected chi connectivity index (χ2v) is 7.00. The molecule has 2 heterocycles. The molecule has 2 saturated heterocycles. The fourth-order valence-corrected chi connectivity index (χ4v) is 4.12. The van der Waals surface area contributed by atoms with Gasteiger partial charge in [0.1, 0.15) is 0 Å². The van der Waals surface area contributed by atoms with Crippen molar-refractivity contribution >= 4 is 11.4 Å². The Bertz CT molecular complexity index is 769. The Morgan fingerprint density at radius 2 is 1.72 bits per heavy atom. The van der Waals surface area contributed by atoms with Crippen molar-refractivity contribution < 1.29 is 9.31 Å². The van der Waals surface area contributed by atoms with Crippen molar-refractivity contribution in [3.8, 4) is 0 Å². The summed E-state index contributed by atoms with van der Waals surface area (Å²) in [4.78, 5) is 14.7. The van der Waals surface area contributed by atoms with Crippen LogP contribution >= 0.6 is 0 Å². The van der Waals surface area contributed by atoms with Gasteiger partial charge in [0, 0.05) is 38.8 Å². The number of hydrogen-bond acceptors (Lipinski definition) is 4. The number of rotatable bonds is 4. The van der Waals surface area contributed by atoms with E-state index in [1.165, 1.54) is 17.7 Å². The number of fused-ring (bicyclic) bond motifs is 1. The van der Waals surface area contributed by atoms with Gasteiger partial charge >= 0.3 is 0 Å². The second kappa shape index (κ2) is 6.44. The quantitative estimate of drug-likeness (QED) is 0.632. The molecule has 0 bridgehead atoms. The first-order valence-corrected chi connectivity index (χ1v) is 8.55. The molecule has 2 aromatic rings. The van der Waals surface area contributed by atoms with E-state index in [4.69, 9.17) is 0 Å². The Hall–Kier alpha value is -2.47. The largest absolute Gasteiger partial charge is 0.368 e. The minimum Gasteiger partial charge on any atom is -0.368 e. The molecule has 0 spiro atoms. The van der Waals surface area contributed by atoms with Gasteiger partial charge in [0.15, 0.2) is 5.82 Å². The first kappa shape index (κ1) is 16.0. The Morgan fingerprint density at radius 3 is 2.32 bits per heavy atom. The summed E-state index contributed by atoms with van der Waals surface area (Å²) >= 11 is 0. The number of nitrogens with zero attached hydrogens (tertiary/aromatic N) is 3. The van der Waals surface area contributed by atoms with Gasteiger partial charge in [0.05, 0.1) is 16.7 Å². The van der Waals surface area contributed by atoms with E-state index in [-0.39, 0.29) is 5.69 Å². The van der Waals surface area contributed by atoms with Gasteiger partial charge in [-0.25, -0.2) is 4.39 Å². The predicted octanol–water partition coefficient (Wildman–Crippen LogP) is 3.30. The molecule has 2 unspecified atom stereocenters. The number of benzene rings is 2. The molecular weight excluding hydrogens is 321 g/mol. The van der Waals surface area contributed by atoms with Gasteiger partial charge in [0.25, 0.3) is 5.69 Å². The molecule has 130 valence electrons. The normalized spacial score (nSPS) is 23.0. The van der Waals surface area contributed by atoms with Crippen molar-refractivity contribution in [2.75, 3.05) is 31.1 Å². The average molecular weight is 341 g/mol. The number of likely N-dealkylation sites (tertiary alicyclic amines) is 1. The van der Waals surface area contributed by atoms with E-state index in [2.05, 4.69) is 29.2 Å². The molecule has 2 fully saturated rings. The minimum absolute atomic E-state index is 0.199. The molecule has 4 rings (SSSR count). The van der Waals surface area contributed by atoms with Crippen molar-refractivity contribution in [3.63, 3.8) is 0 Å². The zero-order valence-corrected chi connectivity index (χ0v) is 13.8. The van der Waals surface area contributed by atoms with Crippen LogP contribution < -0.4 is 4.90 Å². The highest BCUT2D eigenvalue weighted by Gasteiger charge is 2.40. The van der Waals surface area contributed by atoms with E-state index in [0.717, 1.165) is 38.8 Å². The maximum Gasteiger partial charge on any atom is 0.272 e. The maximum absolute atomic E-state index is 14.2. The molecule has 0 N–H and O–H groups in total. The van der Waals surface area contributed by atoms with Crippen LogP contribution in [0.15, 0.2) is 48.5 Å². The lowest BCUT2D eigenvalue weighted by Crippen LogP contribution is -2.29. The van der Waals surface area contributed by atoms with Crippen molar-refractivity contribution in [1.82, 2.24) is 4.90 Å². The standard InChI is InChI=1S/C19H20FN3O2/c20-18-8-17(23(24)25)6-7-19(18)22-12-15-10-21(11-16(15)13-22)9-14-4-2-1-3-5-14/h1-8,15-16H,9-13H2. The average Bonchev–Trinajstić information content (AvgIpc) is 3.14. The monoisotopic (exact) mass is 341 g/mol. The van der Waals surface area contributed by atoms with Crippen molar-refractivity contribution in [2.45, 2.75) is 6.54 Å². The summed E-state index contributed by atoms with van der Waals surface area (Å²) in [5.41, 5.74) is 1.60. The van der Waals surface area contributed by atoms with E-state index >= 15 is 0 Å². The van der Waals surface area contributed by atoms with Crippen LogP contribution in [0, 0.1) is 27.8 Å². The SMILES string of the molecule is O=[N+]([O-])c1ccc(N2CC3CN(Cc4ccccc4)CC3C2)c(F)c1. The number of anilines is 1. The lowest BCUT2D eigenvalue weighted by atomic mass is 10.0. The summed E-state index contributed by atoms with van der Waals surface area (Å²) < 4.78 is 14.2. The lowest BCUT2D eigenvalue weighted by molar-refractivity contribution is -0.385. The Balaban J connectivity index is 1.40. The molecule has 25 heavy (non-hydrogen) atoms. The fourth-order valence-electron chi connectivity index (χ4n) is 4.12. The molecule has 0 aromatic heterocycles. The summed E-state index contributed by atoms with van der Waals surface area (Å²) in [6.07, 6.45) is 0. The molecule has 2 atom stereocenters. The summed E-state index contributed by atoms with van der Waals surface area (Å²) in [6.45, 7) is 4.62. The Labute approximate surface area is 145 Å². The van der Waals surface area contributed by atoms with E-state index in [1.807, 2.05) is 11.0 Å². The molecule has 2 aliphatic rings. The van der Waals surface area contributed by atoms with E-state index in [0.29, 0.717) is 17.5 Å². The number of nitro groups is 1. The van der Waals surface area contributed by atoms with Crippen LogP contribution in [0.1, 0.15) is 5.56 Å². The van der Waals surface area contributed by atoms with Crippen molar-refractivity contribution in [2.24, 2.45) is 11.8 Å². The van der Waals surface area contributed by atoms with Crippen LogP contribution in [-0.4, -0.2) is 36.0 Å². The molecule has 0 radical (unpaired) electrons. The highest BCUT2D eigenvalue weighted by molar-refractivity contribution is 5.53. The highest BCUT2D eigenvalue weighted by atomic mass is 19.1. The molecule has 5 nitrogen and oxygen atoms in total. The van der Waals surface area contributed by atoms with Gasteiger partial charge < -0.3 is 4.90 Å². The van der Waals surface area contributed by atoms with E-state index in [9.17, 15) is 14.5 Å². The zero-order chi connectivity index (χ0) is 17.4. The van der Waals surface area contributed by atoms with Gasteiger partial charge in [-0.05, 0) is 23.5 Å². The third-order valence-electron chi connectivity index (χ3n) is 5.29. The zero-order valence-electron chi connectivity index (χ0n) is 13.8. The molecule has 0 aliphatic carbocycles. The van der Waals surface area contributed by atoms with E-state index in [1.54, 1.807) is 0 Å². The number of halogens is 1. The van der Waals surface area contributed by atoms with Crippen molar-refractivity contribution in [3.05, 3.63) is 70.0 Å². The highest BCUT2D eigenvalue weighted by Crippen LogP contribution is 2.36. The summed E-state index contributed by atoms with van der Waals surface area (Å²) in [7, 11) is 0. The third kappa shape index (κ3) is 3.22. The van der Waals surface area contributed by atoms with Gasteiger partial charge in [-0.1, -0.05) is 30.3 Å². The molecule has 6 heteroatoms. The van der Waals surface area contributed by atoms with Crippen LogP contribution in [-0.2, 0) is 6.54 Å². The summed E-state index contributed by atoms with van der Waals surface area (Å²) in [5.74, 6) is 0.548. The van der Waals surface area contributed by atoms with Crippen LogP contribution in [0.25, 0.3) is 0 Å². The smallest absolute Gasteiger partial charge is 0.272 e. The molecule has 2 aliphatic heterocycles. The summed E-state index contributed by atoms with van der Waals surface area (Å²) in [5, 5.41) is 10.8. The third-order valence-corrected chi connectivity index (χ3v) is 5.29. The second-order valence-electron chi connectivity index (χ2n) is 7.00. The number of nitro benzene ring substituents is 1. The first-order valence-electron chi connectivity index (χ1n) is 8.55. The van der Waals surface area contributed by atoms with Gasteiger partial charge in [-0.2, -0.15) is 0 Å². The fraction of sp³-hybridized carbons (Fsp3) is 0.368. The van der Waals surface area contributed by atoms with E-state index < -0.39 is 10.7 Å². The van der Waals surface area contributed by atoms with Crippen LogP contribution in [0.5, 0.6) is 0 Å². The summed E-state index contributed by atoms with van der Waals surface area (Å²) in [6, 6.07) is 14.4. The van der Waals surface area contributed by atoms with Crippen LogP contribution in [0.4, 0.5) is 15.8 Å². The molecular formula is C19H20FN3O2. The van der Waals surface area contributed by atoms with Gasteiger partial charge in [0.2, 0.25) is 0 Å². The maximum atomic E-state index is 14.2. The Kier molecular flexibility index (Phi) is 4.13. The van der Waals surface area contributed by atoms with Gasteiger partial charge in [-0.15, -0.1) is 0 Å². The number of non-ortho nitro benzene ring substituents is 1. The number of hydrogen-bond donors (Lipinski definition) is 0. The van der Waals surface area contributed by atoms with Crippen LogP contribution in [0.2, 0.25) is 0 Å². The lowest BCUT2D eigenvalue weighted by Gasteiger charge is -2.23. The first-order chi connectivity index (χ1) is 12.1. The predicted molar refractivity (Wildman–Crippen MR) is 94.0 cm³/mol. The molecule has 0 amide bonds. The van der Waals surface area contributed by atoms with Crippen molar-refractivity contribution in [1.29, 1.82) is 0 Å². The molecule has 2 aromatic carbocycles. The Morgan fingerprint density at radius 1 is 1.04 bits per heavy atom. The minimum atomic E-state index is -0.562. The molecule has 0 saturated carbocycles.